The number of hydrogen-bond donors (Lipinski definition) is 1. The summed E-state index contributed by atoms with van der Waals surface area (Å²) in [6.07, 6.45) is 0. The van der Waals surface area contributed by atoms with E-state index in [1.165, 1.54) is 6.92 Å². The number of rotatable bonds is 1. The van der Waals surface area contributed by atoms with Crippen molar-refractivity contribution in [1.29, 1.82) is 0 Å². The third kappa shape index (κ3) is 3.55. The number of halogens is 2. The molecule has 0 fully saturated rings. The molecule has 0 heterocycles. The van der Waals surface area contributed by atoms with Crippen LogP contribution in [0.4, 0.5) is 8.78 Å². The van der Waals surface area contributed by atoms with Crippen LogP contribution in [0.5, 0.6) is 5.75 Å². The van der Waals surface area contributed by atoms with Gasteiger partial charge in [-0.3, -0.25) is 4.79 Å². The van der Waals surface area contributed by atoms with Gasteiger partial charge < -0.3 is 5.11 Å². The minimum absolute atomic E-state index is 0.0936. The molecule has 0 aliphatic heterocycles. The molecule has 0 aromatic heterocycles. The maximum atomic E-state index is 12.9. The van der Waals surface area contributed by atoms with Crippen LogP contribution in [0.2, 0.25) is 0 Å². The van der Waals surface area contributed by atoms with Crippen molar-refractivity contribution in [1.82, 2.24) is 0 Å². The molecule has 0 aliphatic rings. The van der Waals surface area contributed by atoms with E-state index in [4.69, 9.17) is 0 Å². The van der Waals surface area contributed by atoms with Crippen molar-refractivity contribution in [2.45, 2.75) is 6.92 Å². The standard InChI is InChI=1S/C11H8F2O2S/c1-7(14)16-4-2-3-8-5-9(12)6-10(13)11(8)15/h5-6,15H,4H2,1H3. The lowest BCUT2D eigenvalue weighted by Crippen LogP contribution is -1.87. The third-order valence-corrected chi connectivity index (χ3v) is 2.29. The SMILES string of the molecule is CC(=O)SCC#Cc1cc(F)cc(F)c1O. The average Bonchev–Trinajstić information content (AvgIpc) is 2.19. The first-order chi connectivity index (χ1) is 7.50. The highest BCUT2D eigenvalue weighted by atomic mass is 32.2. The molecule has 0 saturated carbocycles. The van der Waals surface area contributed by atoms with Crippen LogP contribution in [0.25, 0.3) is 0 Å². The fraction of sp³-hybridized carbons (Fsp3) is 0.182. The number of carbonyl (C=O) groups is 1. The van der Waals surface area contributed by atoms with Crippen LogP contribution in [0.3, 0.4) is 0 Å². The fourth-order valence-corrected chi connectivity index (χ4v) is 1.28. The largest absolute Gasteiger partial charge is 0.504 e. The van der Waals surface area contributed by atoms with E-state index in [0.29, 0.717) is 6.07 Å². The predicted molar refractivity (Wildman–Crippen MR) is 58.0 cm³/mol. The van der Waals surface area contributed by atoms with E-state index in [1.54, 1.807) is 0 Å². The molecule has 0 radical (unpaired) electrons. The average molecular weight is 242 g/mol. The summed E-state index contributed by atoms with van der Waals surface area (Å²) in [7, 11) is 0. The Bertz CT molecular complexity index is 475. The summed E-state index contributed by atoms with van der Waals surface area (Å²) in [6.45, 7) is 1.39. The van der Waals surface area contributed by atoms with Crippen LogP contribution in [-0.4, -0.2) is 16.0 Å². The van der Waals surface area contributed by atoms with E-state index in [2.05, 4.69) is 11.8 Å². The molecule has 1 N–H and O–H groups in total. The highest BCUT2D eigenvalue weighted by molar-refractivity contribution is 8.13. The van der Waals surface area contributed by atoms with Gasteiger partial charge in [-0.2, -0.15) is 0 Å². The fourth-order valence-electron chi connectivity index (χ4n) is 0.930. The number of phenols is 1. The van der Waals surface area contributed by atoms with Gasteiger partial charge in [-0.25, -0.2) is 8.78 Å². The molecule has 0 atom stereocenters. The second kappa shape index (κ2) is 5.52. The Morgan fingerprint density at radius 1 is 1.50 bits per heavy atom. The zero-order chi connectivity index (χ0) is 12.1. The number of thioether (sulfide) groups is 1. The molecule has 0 unspecified atom stereocenters. The summed E-state index contributed by atoms with van der Waals surface area (Å²) in [5.41, 5.74) is -0.123. The van der Waals surface area contributed by atoms with Crippen molar-refractivity contribution in [3.8, 4) is 17.6 Å². The van der Waals surface area contributed by atoms with Gasteiger partial charge in [0.05, 0.1) is 11.3 Å². The molecule has 0 bridgehead atoms. The Morgan fingerprint density at radius 3 is 2.81 bits per heavy atom. The molecule has 84 valence electrons. The van der Waals surface area contributed by atoms with E-state index >= 15 is 0 Å². The topological polar surface area (TPSA) is 37.3 Å². The Balaban J connectivity index is 2.84. The third-order valence-electron chi connectivity index (χ3n) is 1.60. The Labute approximate surface area is 95.7 Å². The molecule has 5 heteroatoms. The molecular weight excluding hydrogens is 234 g/mol. The van der Waals surface area contributed by atoms with Crippen molar-refractivity contribution in [2.75, 3.05) is 5.75 Å². The summed E-state index contributed by atoms with van der Waals surface area (Å²) in [6, 6.07) is 1.51. The Kier molecular flexibility index (Phi) is 4.32. The van der Waals surface area contributed by atoms with Crippen LogP contribution in [0.15, 0.2) is 12.1 Å². The van der Waals surface area contributed by atoms with Gasteiger partial charge in [-0.1, -0.05) is 23.6 Å². The van der Waals surface area contributed by atoms with Crippen LogP contribution in [-0.2, 0) is 4.79 Å². The van der Waals surface area contributed by atoms with Gasteiger partial charge in [-0.05, 0) is 6.07 Å². The molecule has 0 spiro atoms. The van der Waals surface area contributed by atoms with Gasteiger partial charge >= 0.3 is 0 Å². The van der Waals surface area contributed by atoms with Crippen molar-refractivity contribution in [3.63, 3.8) is 0 Å². The van der Waals surface area contributed by atoms with E-state index in [0.717, 1.165) is 17.8 Å². The normalized spacial score (nSPS) is 9.44. The van der Waals surface area contributed by atoms with E-state index in [-0.39, 0.29) is 16.4 Å². The number of phenolic OH excluding ortho intramolecular Hbond substituents is 1. The first kappa shape index (κ1) is 12.5. The summed E-state index contributed by atoms with van der Waals surface area (Å²) < 4.78 is 25.6. The number of carbonyl (C=O) groups excluding carboxylic acids is 1. The lowest BCUT2D eigenvalue weighted by atomic mass is 10.2. The maximum Gasteiger partial charge on any atom is 0.186 e. The van der Waals surface area contributed by atoms with Gasteiger partial charge in [0.1, 0.15) is 5.82 Å². The van der Waals surface area contributed by atoms with Crippen LogP contribution < -0.4 is 0 Å². The van der Waals surface area contributed by atoms with Crippen LogP contribution in [0.1, 0.15) is 12.5 Å². The van der Waals surface area contributed by atoms with Crippen molar-refractivity contribution in [2.24, 2.45) is 0 Å². The number of aromatic hydroxyl groups is 1. The Hall–Kier alpha value is -1.54. The van der Waals surface area contributed by atoms with Gasteiger partial charge in [0.2, 0.25) is 0 Å². The lowest BCUT2D eigenvalue weighted by molar-refractivity contribution is -0.109. The van der Waals surface area contributed by atoms with Crippen molar-refractivity contribution >= 4 is 16.9 Å². The van der Waals surface area contributed by atoms with Gasteiger partial charge in [0, 0.05) is 13.0 Å². The zero-order valence-corrected chi connectivity index (χ0v) is 9.20. The van der Waals surface area contributed by atoms with E-state index in [9.17, 15) is 18.7 Å². The highest BCUT2D eigenvalue weighted by Crippen LogP contribution is 2.21. The smallest absolute Gasteiger partial charge is 0.186 e. The zero-order valence-electron chi connectivity index (χ0n) is 8.38. The first-order valence-corrected chi connectivity index (χ1v) is 5.29. The van der Waals surface area contributed by atoms with E-state index < -0.39 is 17.4 Å². The molecule has 1 rings (SSSR count). The number of hydrogen-bond acceptors (Lipinski definition) is 3. The van der Waals surface area contributed by atoms with Gasteiger partial charge in [0.25, 0.3) is 0 Å². The summed E-state index contributed by atoms with van der Waals surface area (Å²) in [4.78, 5) is 10.6. The van der Waals surface area contributed by atoms with Crippen molar-refractivity contribution < 1.29 is 18.7 Å². The van der Waals surface area contributed by atoms with Crippen molar-refractivity contribution in [3.05, 3.63) is 29.3 Å². The Morgan fingerprint density at radius 2 is 2.19 bits per heavy atom. The molecule has 1 aromatic rings. The van der Waals surface area contributed by atoms with Crippen LogP contribution in [0, 0.1) is 23.5 Å². The lowest BCUT2D eigenvalue weighted by Gasteiger charge is -1.98. The molecule has 0 saturated heterocycles. The summed E-state index contributed by atoms with van der Waals surface area (Å²) >= 11 is 0.983. The molecule has 16 heavy (non-hydrogen) atoms. The first-order valence-electron chi connectivity index (χ1n) is 4.31. The summed E-state index contributed by atoms with van der Waals surface area (Å²) in [5.74, 6) is 2.60. The van der Waals surface area contributed by atoms with E-state index in [1.807, 2.05) is 0 Å². The molecule has 1 aromatic carbocycles. The summed E-state index contributed by atoms with van der Waals surface area (Å²) in [5, 5.41) is 9.12. The second-order valence-electron chi connectivity index (χ2n) is 2.87. The van der Waals surface area contributed by atoms with Gasteiger partial charge in [0.15, 0.2) is 16.7 Å². The molecular formula is C11H8F2O2S. The predicted octanol–water partition coefficient (Wildman–Crippen LogP) is 2.30. The second-order valence-corrected chi connectivity index (χ2v) is 4.02. The number of benzene rings is 1. The minimum Gasteiger partial charge on any atom is -0.504 e. The monoisotopic (exact) mass is 242 g/mol. The highest BCUT2D eigenvalue weighted by Gasteiger charge is 2.07. The maximum absolute atomic E-state index is 12.9. The molecule has 0 aliphatic carbocycles. The molecule has 2 nitrogen and oxygen atoms in total. The van der Waals surface area contributed by atoms with Crippen LogP contribution >= 0.6 is 11.8 Å². The molecule has 0 amide bonds. The quantitative estimate of drug-likeness (QED) is 0.768. The van der Waals surface area contributed by atoms with Gasteiger partial charge in [-0.15, -0.1) is 0 Å². The minimum atomic E-state index is -1.05.